The van der Waals surface area contributed by atoms with Gasteiger partial charge in [-0.3, -0.25) is 4.79 Å². The van der Waals surface area contributed by atoms with Gasteiger partial charge < -0.3 is 5.11 Å². The van der Waals surface area contributed by atoms with E-state index in [1.165, 1.54) is 12.8 Å². The molecule has 16 heavy (non-hydrogen) atoms. The third-order valence-electron chi connectivity index (χ3n) is 3.17. The van der Waals surface area contributed by atoms with E-state index in [4.69, 9.17) is 5.11 Å². The van der Waals surface area contributed by atoms with Gasteiger partial charge in [0.05, 0.1) is 18.2 Å². The van der Waals surface area contributed by atoms with Crippen molar-refractivity contribution in [2.24, 2.45) is 5.92 Å². The highest BCUT2D eigenvalue weighted by molar-refractivity contribution is 5.69. The van der Waals surface area contributed by atoms with Crippen molar-refractivity contribution in [2.75, 3.05) is 0 Å². The molecule has 5 heteroatoms. The smallest absolute Gasteiger partial charge is 0.309 e. The fourth-order valence-electron chi connectivity index (χ4n) is 2.37. The van der Waals surface area contributed by atoms with Gasteiger partial charge in [0.1, 0.15) is 0 Å². The van der Waals surface area contributed by atoms with E-state index in [9.17, 15) is 4.79 Å². The lowest BCUT2D eigenvalue weighted by molar-refractivity contribution is -0.136. The van der Waals surface area contributed by atoms with Gasteiger partial charge >= 0.3 is 5.97 Å². The van der Waals surface area contributed by atoms with Crippen LogP contribution in [0.2, 0.25) is 0 Å². The minimum absolute atomic E-state index is 0.0394. The zero-order chi connectivity index (χ0) is 11.5. The van der Waals surface area contributed by atoms with Crippen LogP contribution in [0.25, 0.3) is 0 Å². The van der Waals surface area contributed by atoms with Gasteiger partial charge in [0, 0.05) is 6.20 Å². The molecular formula is C11H17N3O2. The molecule has 1 saturated carbocycles. The molecule has 1 heterocycles. The van der Waals surface area contributed by atoms with Gasteiger partial charge in [-0.2, -0.15) is 0 Å². The minimum atomic E-state index is -0.857. The summed E-state index contributed by atoms with van der Waals surface area (Å²) in [5.41, 5.74) is 0.547. The van der Waals surface area contributed by atoms with Gasteiger partial charge in [-0.05, 0) is 18.8 Å². The number of carboxylic acid groups (broad SMARTS) is 1. The fraction of sp³-hybridized carbons (Fsp3) is 0.727. The second-order valence-electron chi connectivity index (χ2n) is 4.69. The van der Waals surface area contributed by atoms with Crippen LogP contribution in [-0.2, 0) is 11.2 Å². The molecule has 1 fully saturated rings. The van der Waals surface area contributed by atoms with Crippen LogP contribution in [0.15, 0.2) is 6.20 Å². The second-order valence-corrected chi connectivity index (χ2v) is 4.69. The quantitative estimate of drug-likeness (QED) is 0.846. The van der Waals surface area contributed by atoms with Gasteiger partial charge in [-0.15, -0.1) is 5.10 Å². The highest BCUT2D eigenvalue weighted by Crippen LogP contribution is 2.31. The molecule has 0 radical (unpaired) electrons. The Morgan fingerprint density at radius 3 is 3.12 bits per heavy atom. The molecule has 1 aliphatic carbocycles. The summed E-state index contributed by atoms with van der Waals surface area (Å²) in [6.07, 6.45) is 6.49. The van der Waals surface area contributed by atoms with Gasteiger partial charge in [0.15, 0.2) is 0 Å². The first-order valence-electron chi connectivity index (χ1n) is 5.77. The minimum Gasteiger partial charge on any atom is -0.481 e. The Kier molecular flexibility index (Phi) is 3.22. The average molecular weight is 223 g/mol. The number of rotatable bonds is 3. The lowest BCUT2D eigenvalue weighted by Gasteiger charge is -2.26. The van der Waals surface area contributed by atoms with Crippen molar-refractivity contribution in [1.29, 1.82) is 0 Å². The van der Waals surface area contributed by atoms with Crippen LogP contribution in [-0.4, -0.2) is 26.1 Å². The molecule has 2 atom stereocenters. The monoisotopic (exact) mass is 223 g/mol. The first-order chi connectivity index (χ1) is 7.65. The molecule has 1 aromatic heterocycles. The summed E-state index contributed by atoms with van der Waals surface area (Å²) < 4.78 is 1.84. The number of carboxylic acids is 1. The first kappa shape index (κ1) is 11.1. The summed E-state index contributed by atoms with van der Waals surface area (Å²) in [7, 11) is 0. The zero-order valence-electron chi connectivity index (χ0n) is 9.46. The Balaban J connectivity index is 2.03. The van der Waals surface area contributed by atoms with Gasteiger partial charge in [-0.25, -0.2) is 4.68 Å². The Bertz CT molecular complexity index is 375. The molecule has 2 unspecified atom stereocenters. The third kappa shape index (κ3) is 2.59. The maximum atomic E-state index is 10.5. The summed E-state index contributed by atoms with van der Waals surface area (Å²) in [6, 6.07) is 0.402. The van der Waals surface area contributed by atoms with Crippen molar-refractivity contribution in [3.63, 3.8) is 0 Å². The third-order valence-corrected chi connectivity index (χ3v) is 3.17. The predicted octanol–water partition coefficient (Wildman–Crippen LogP) is 1.66. The number of nitrogens with zero attached hydrogens (tertiary/aromatic N) is 3. The normalized spacial score (nSPS) is 25.6. The summed E-state index contributed by atoms with van der Waals surface area (Å²) in [5, 5.41) is 16.6. The highest BCUT2D eigenvalue weighted by atomic mass is 16.4. The molecule has 1 aliphatic rings. The summed E-state index contributed by atoms with van der Waals surface area (Å²) in [6.45, 7) is 2.25. The number of aromatic nitrogens is 3. The van der Waals surface area contributed by atoms with E-state index in [-0.39, 0.29) is 6.42 Å². The van der Waals surface area contributed by atoms with Crippen molar-refractivity contribution in [3.05, 3.63) is 11.9 Å². The van der Waals surface area contributed by atoms with Crippen LogP contribution >= 0.6 is 0 Å². The van der Waals surface area contributed by atoms with Crippen molar-refractivity contribution < 1.29 is 9.90 Å². The van der Waals surface area contributed by atoms with E-state index in [1.54, 1.807) is 6.20 Å². The molecule has 0 aliphatic heterocycles. The van der Waals surface area contributed by atoms with E-state index >= 15 is 0 Å². The first-order valence-corrected chi connectivity index (χ1v) is 5.77. The van der Waals surface area contributed by atoms with Gasteiger partial charge in [0.25, 0.3) is 0 Å². The maximum Gasteiger partial charge on any atom is 0.309 e. The molecule has 0 amide bonds. The average Bonchev–Trinajstić information content (AvgIpc) is 2.65. The summed E-state index contributed by atoms with van der Waals surface area (Å²) in [4.78, 5) is 10.5. The molecule has 0 saturated heterocycles. The van der Waals surface area contributed by atoms with Crippen LogP contribution in [0.5, 0.6) is 0 Å². The standard InChI is InChI=1S/C11H17N3O2/c1-8-3-2-4-10(5-8)14-7-9(12-13-14)6-11(15)16/h7-8,10H,2-6H2,1H3,(H,15,16). The van der Waals surface area contributed by atoms with Crippen molar-refractivity contribution in [2.45, 2.75) is 45.1 Å². The molecule has 2 rings (SSSR count). The SMILES string of the molecule is CC1CCCC(n2cc(CC(=O)O)nn2)C1. The number of aliphatic carboxylic acids is 1. The molecule has 88 valence electrons. The lowest BCUT2D eigenvalue weighted by Crippen LogP contribution is -2.18. The van der Waals surface area contributed by atoms with Gasteiger partial charge in [-0.1, -0.05) is 25.0 Å². The van der Waals surface area contributed by atoms with E-state index in [2.05, 4.69) is 17.2 Å². The van der Waals surface area contributed by atoms with Crippen LogP contribution in [0, 0.1) is 5.92 Å². The van der Waals surface area contributed by atoms with E-state index in [0.29, 0.717) is 11.7 Å². The maximum absolute atomic E-state index is 10.5. The predicted molar refractivity (Wildman–Crippen MR) is 58.0 cm³/mol. The van der Waals surface area contributed by atoms with E-state index in [1.807, 2.05) is 4.68 Å². The largest absolute Gasteiger partial charge is 0.481 e. The van der Waals surface area contributed by atoms with Crippen LogP contribution in [0.3, 0.4) is 0 Å². The molecule has 0 spiro atoms. The van der Waals surface area contributed by atoms with Crippen LogP contribution in [0.1, 0.15) is 44.3 Å². The lowest BCUT2D eigenvalue weighted by atomic mass is 9.87. The topological polar surface area (TPSA) is 68.0 Å². The Labute approximate surface area is 94.5 Å². The summed E-state index contributed by atoms with van der Waals surface area (Å²) in [5.74, 6) is -0.130. The molecule has 0 bridgehead atoms. The number of carbonyl (C=O) groups is 1. The number of hydrogen-bond acceptors (Lipinski definition) is 3. The Morgan fingerprint density at radius 1 is 1.62 bits per heavy atom. The van der Waals surface area contributed by atoms with Crippen molar-refractivity contribution in [3.8, 4) is 0 Å². The van der Waals surface area contributed by atoms with Crippen LogP contribution in [0.4, 0.5) is 0 Å². The molecule has 1 N–H and O–H groups in total. The highest BCUT2D eigenvalue weighted by Gasteiger charge is 2.21. The molecule has 5 nitrogen and oxygen atoms in total. The van der Waals surface area contributed by atoms with Gasteiger partial charge in [0.2, 0.25) is 0 Å². The molecular weight excluding hydrogens is 206 g/mol. The van der Waals surface area contributed by atoms with E-state index < -0.39 is 5.97 Å². The number of hydrogen-bond donors (Lipinski definition) is 1. The molecule has 0 aromatic carbocycles. The Morgan fingerprint density at radius 2 is 2.44 bits per heavy atom. The summed E-state index contributed by atoms with van der Waals surface area (Å²) >= 11 is 0. The zero-order valence-corrected chi connectivity index (χ0v) is 9.46. The molecule has 1 aromatic rings. The van der Waals surface area contributed by atoms with E-state index in [0.717, 1.165) is 18.8 Å². The van der Waals surface area contributed by atoms with Crippen molar-refractivity contribution >= 4 is 5.97 Å². The van der Waals surface area contributed by atoms with Crippen molar-refractivity contribution in [1.82, 2.24) is 15.0 Å². The second kappa shape index (κ2) is 4.63. The fourth-order valence-corrected chi connectivity index (χ4v) is 2.37. The Hall–Kier alpha value is -1.39. The van der Waals surface area contributed by atoms with Crippen LogP contribution < -0.4 is 0 Å².